The Labute approximate surface area is 911 Å². The highest BCUT2D eigenvalue weighted by Crippen LogP contribution is 2.54. The van der Waals surface area contributed by atoms with Crippen LogP contribution in [0.3, 0.4) is 0 Å². The lowest BCUT2D eigenvalue weighted by molar-refractivity contribution is -0.115. The molecule has 6 aromatic carbocycles. The van der Waals surface area contributed by atoms with Crippen molar-refractivity contribution >= 4 is 171 Å². The van der Waals surface area contributed by atoms with Crippen LogP contribution in [0.25, 0.3) is 65.4 Å². The van der Waals surface area contributed by atoms with Crippen molar-refractivity contribution in [1.29, 1.82) is 0 Å². The average molecular weight is 2130 g/mol. The lowest BCUT2D eigenvalue weighted by Gasteiger charge is -2.47. The van der Waals surface area contributed by atoms with Gasteiger partial charge in [0, 0.05) is 219 Å². The molecule has 0 unspecified atom stereocenters. The maximum atomic E-state index is 11.3. The Hall–Kier alpha value is -7.56. The van der Waals surface area contributed by atoms with Gasteiger partial charge in [-0.1, -0.05) is 114 Å². The minimum absolute atomic E-state index is 0.295. The summed E-state index contributed by atoms with van der Waals surface area (Å²) in [5.41, 5.74) is 26.0. The van der Waals surface area contributed by atoms with Crippen molar-refractivity contribution in [2.24, 2.45) is 35.5 Å². The number of Topliss-reactive ketones (excluding diaryl/α,β-unsaturated/α-hetero) is 5. The first-order valence-electron chi connectivity index (χ1n) is 57.0. The van der Waals surface area contributed by atoms with Gasteiger partial charge in [-0.3, -0.25) is 53.4 Å². The predicted molar refractivity (Wildman–Crippen MR) is 634 cm³/mol. The molecule has 6 saturated heterocycles. The molecule has 798 valence electrons. The molecule has 6 aliphatic heterocycles. The summed E-state index contributed by atoms with van der Waals surface area (Å²) < 4.78 is 0. The van der Waals surface area contributed by atoms with Crippen LogP contribution in [-0.4, -0.2) is 278 Å². The first-order valence-corrected chi connectivity index (χ1v) is 63.9. The molecule has 0 amide bonds. The van der Waals surface area contributed by atoms with E-state index in [-0.39, 0.29) is 0 Å². The van der Waals surface area contributed by atoms with Crippen LogP contribution in [-0.2, 0) is 67.3 Å². The first-order chi connectivity index (χ1) is 72.7. The van der Waals surface area contributed by atoms with E-state index < -0.39 is 0 Å². The maximum absolute atomic E-state index is 11.3. The lowest BCUT2D eigenvalue weighted by Crippen LogP contribution is -2.50. The molecule has 0 bridgehead atoms. The van der Waals surface area contributed by atoms with E-state index in [0.29, 0.717) is 171 Å². The number of H-pyrrole nitrogens is 6. The molecule has 18 atom stereocenters. The third kappa shape index (κ3) is 25.1. The summed E-state index contributed by atoms with van der Waals surface area (Å²) in [4.78, 5) is 104. The van der Waals surface area contributed by atoms with Crippen LogP contribution in [0.1, 0.15) is 255 Å². The number of fused-ring (bicyclic) bond motifs is 12. The second-order valence-electron chi connectivity index (χ2n) is 46.1. The van der Waals surface area contributed by atoms with E-state index >= 15 is 0 Å². The average Bonchev–Trinajstić information content (AvgIpc) is 1.67. The van der Waals surface area contributed by atoms with Crippen molar-refractivity contribution in [3.8, 4) is 0 Å². The second-order valence-corrected chi connectivity index (χ2v) is 52.4. The molecule has 6 fully saturated rings. The highest BCUT2D eigenvalue weighted by atomic mass is 32.2. The fourth-order valence-electron chi connectivity index (χ4n) is 29.5. The van der Waals surface area contributed by atoms with Crippen LogP contribution in [0.4, 0.5) is 0 Å². The first kappa shape index (κ1) is 110. The second kappa shape index (κ2) is 51.4. The molecule has 149 heavy (non-hydrogen) atoms. The number of thioether (sulfide) groups is 6. The smallest absolute Gasteiger partial charge is 0.139 e. The summed E-state index contributed by atoms with van der Waals surface area (Å²) in [7, 11) is 0. The van der Waals surface area contributed by atoms with Gasteiger partial charge in [-0.2, -0.15) is 70.6 Å². The lowest BCUT2D eigenvalue weighted by atomic mass is 9.72. The monoisotopic (exact) mass is 2120 g/mol. The molecule has 18 nitrogen and oxygen atoms in total. The van der Waals surface area contributed by atoms with E-state index in [0.717, 1.165) is 40.8 Å². The van der Waals surface area contributed by atoms with Crippen LogP contribution >= 0.6 is 70.6 Å². The van der Waals surface area contributed by atoms with Gasteiger partial charge in [0.05, 0.1) is 28.8 Å². The number of likely N-dealkylation sites (tertiary alicyclic amines) is 6. The number of aldehydes is 1. The van der Waals surface area contributed by atoms with Gasteiger partial charge in [0.1, 0.15) is 35.2 Å². The van der Waals surface area contributed by atoms with E-state index in [1.54, 1.807) is 79.8 Å². The van der Waals surface area contributed by atoms with Crippen molar-refractivity contribution in [1.82, 2.24) is 59.3 Å². The number of piperidine rings is 6. The Balaban J connectivity index is 0.000000112. The van der Waals surface area contributed by atoms with Crippen LogP contribution < -0.4 is 0 Å². The summed E-state index contributed by atoms with van der Waals surface area (Å²) in [6.07, 6.45) is 36.3. The molecule has 12 aliphatic rings. The molecule has 24 heteroatoms. The number of aromatic amines is 6. The molecule has 6 aromatic heterocycles. The van der Waals surface area contributed by atoms with E-state index in [4.69, 9.17) is 0 Å². The van der Waals surface area contributed by atoms with E-state index in [2.05, 4.69) is 247 Å². The summed E-state index contributed by atoms with van der Waals surface area (Å²) in [6, 6.07) is 44.4. The van der Waals surface area contributed by atoms with Crippen LogP contribution in [0.2, 0.25) is 0 Å². The van der Waals surface area contributed by atoms with Gasteiger partial charge in [-0.15, -0.1) is 0 Å². The molecular formula is C125H166N12O6S6. The number of rotatable bonds is 36. The number of ketones is 5. The molecule has 0 spiro atoms. The van der Waals surface area contributed by atoms with Gasteiger partial charge in [0.2, 0.25) is 0 Å². The van der Waals surface area contributed by atoms with Crippen molar-refractivity contribution in [2.45, 2.75) is 263 Å². The Morgan fingerprint density at radius 3 is 0.584 bits per heavy atom. The number of carbonyl (C=O) groups is 6. The number of nitrogens with zero attached hydrogens (tertiary/aromatic N) is 6. The Morgan fingerprint density at radius 2 is 0.430 bits per heavy atom. The van der Waals surface area contributed by atoms with Crippen LogP contribution in [0.15, 0.2) is 146 Å². The number of hydrogen-bond donors (Lipinski definition) is 6. The molecule has 0 saturated carbocycles. The highest BCUT2D eigenvalue weighted by Gasteiger charge is 2.48. The minimum Gasteiger partial charge on any atom is -0.361 e. The SMILES string of the molecule is CCCN1C[C@H](CSCC(C)=O)C[C@@H]2c3cccc4[nH]cc(c34)C[C@H]21.CCCN1C[C@H](CSCC(C)=O)C[C@@H]2c3cccc4[nH]cc(c34)C[C@H]21.CCCN1C[C@H](CSCC(C)=O)C[C@@H]2c3cccc4[nH]cc(c34)C[C@H]21.CCCN1C[C@H](CSCC(C)=O)C[C@@H]2c3cccc4[nH]cc(c34)C[C@H]21.CCCN1C[C@H](CSCC(C)=O)C[C@@H]2c3cccc4[nH]cc(c34)C[C@H]21.CCCN1C[C@H](CSCC=O)C[C@@H]2c3cccc4[nH]cc(c34)C[C@H]21. The third-order valence-corrected chi connectivity index (χ3v) is 42.5. The van der Waals surface area contributed by atoms with Gasteiger partial charge in [0.25, 0.3) is 0 Å². The predicted octanol–water partition coefficient (Wildman–Crippen LogP) is 25.0. The molecule has 24 rings (SSSR count). The van der Waals surface area contributed by atoms with Crippen molar-refractivity contribution in [3.05, 3.63) is 213 Å². The minimum atomic E-state index is 0.295. The van der Waals surface area contributed by atoms with Crippen LogP contribution in [0, 0.1) is 35.5 Å². The fourth-order valence-corrected chi connectivity index (χ4v) is 35.2. The van der Waals surface area contributed by atoms with Crippen LogP contribution in [0.5, 0.6) is 0 Å². The number of benzene rings is 6. The molecule has 0 radical (unpaired) electrons. The zero-order valence-electron chi connectivity index (χ0n) is 90.6. The number of aromatic nitrogens is 6. The fraction of sp³-hybridized carbons (Fsp3) is 0.568. The highest BCUT2D eigenvalue weighted by molar-refractivity contribution is 8.01. The normalized spacial score (nSPS) is 26.0. The van der Waals surface area contributed by atoms with Crippen molar-refractivity contribution in [3.63, 3.8) is 0 Å². The number of hydrogen-bond acceptors (Lipinski definition) is 18. The molecule has 12 heterocycles. The Kier molecular flexibility index (Phi) is 37.9. The molecule has 12 aromatic rings. The van der Waals surface area contributed by atoms with Gasteiger partial charge < -0.3 is 34.7 Å². The topological polar surface area (TPSA) is 217 Å². The number of carbonyl (C=O) groups excluding carboxylic acids is 6. The quantitative estimate of drug-likeness (QED) is 0.0159. The number of nitrogens with one attached hydrogen (secondary N) is 6. The third-order valence-electron chi connectivity index (χ3n) is 34.9. The van der Waals surface area contributed by atoms with E-state index in [1.165, 1.54) is 293 Å². The summed E-state index contributed by atoms with van der Waals surface area (Å²) in [5, 5.41) is 8.90. The molecule has 6 N–H and O–H groups in total. The summed E-state index contributed by atoms with van der Waals surface area (Å²) >= 11 is 10.9. The zero-order valence-corrected chi connectivity index (χ0v) is 95.5. The summed E-state index contributed by atoms with van der Waals surface area (Å²) in [5.74, 6) is 20.0. The van der Waals surface area contributed by atoms with E-state index in [1.807, 2.05) is 58.8 Å². The van der Waals surface area contributed by atoms with Gasteiger partial charge in [-0.05, 0) is 363 Å². The van der Waals surface area contributed by atoms with Gasteiger partial charge in [-0.25, -0.2) is 0 Å². The zero-order chi connectivity index (χ0) is 103. The van der Waals surface area contributed by atoms with Crippen molar-refractivity contribution in [2.75, 3.05) is 148 Å². The largest absolute Gasteiger partial charge is 0.361 e. The standard InChI is InChI=1S/5C21H28N2OS.C20H26N2OS/c5*1-3-7-23-11-15(13-25-12-14(2)24)8-18-17-5-4-6-19-21(17)16(10-22-19)9-20(18)23;1-2-6-22-12-14(13-24-8-7-23)9-17-16-4-3-5-18-20(16)15(11-21-18)10-19(17)22/h5*4-6,10,15,18,20,22H,3,7-9,11-13H2,1-2H3;3-5,7,11,14,17,19,21H,2,6,8-10,12-13H2,1H3/t5*15-,18-,20-;14-,17-,19-/m111111/s1. The van der Waals surface area contributed by atoms with E-state index in [9.17, 15) is 28.8 Å². The molecular weight excluding hydrogens is 1960 g/mol. The summed E-state index contributed by atoms with van der Waals surface area (Å²) in [6.45, 7) is 36.5. The van der Waals surface area contributed by atoms with Crippen molar-refractivity contribution < 1.29 is 28.8 Å². The Morgan fingerprint density at radius 1 is 0.262 bits per heavy atom. The van der Waals surface area contributed by atoms with Gasteiger partial charge in [0.15, 0.2) is 0 Å². The van der Waals surface area contributed by atoms with Gasteiger partial charge >= 0.3 is 0 Å². The molecule has 6 aliphatic carbocycles. The Bertz CT molecular complexity index is 5810. The maximum Gasteiger partial charge on any atom is 0.139 e.